The Kier molecular flexibility index (Phi) is 4.50. The molecule has 16 heavy (non-hydrogen) atoms. The Bertz CT molecular complexity index is 333. The molecule has 0 aromatic carbocycles. The molecule has 0 saturated heterocycles. The third-order valence-corrected chi connectivity index (χ3v) is 3.41. The van der Waals surface area contributed by atoms with Crippen LogP contribution in [0.15, 0.2) is 16.8 Å². The van der Waals surface area contributed by atoms with Crippen molar-refractivity contribution in [3.8, 4) is 0 Å². The number of nitrogens with one attached hydrogen (secondary N) is 1. The van der Waals surface area contributed by atoms with E-state index in [0.29, 0.717) is 12.6 Å². The van der Waals surface area contributed by atoms with Crippen molar-refractivity contribution in [1.82, 2.24) is 5.32 Å². The Balaban J connectivity index is 2.35. The van der Waals surface area contributed by atoms with Crippen molar-refractivity contribution in [3.05, 3.63) is 22.4 Å². The second-order valence-electron chi connectivity index (χ2n) is 4.87. The van der Waals surface area contributed by atoms with E-state index < -0.39 is 5.41 Å². The maximum Gasteiger partial charge on any atom is 0.224 e. The lowest BCUT2D eigenvalue weighted by Gasteiger charge is -2.23. The van der Waals surface area contributed by atoms with Gasteiger partial charge in [0.05, 0.1) is 5.41 Å². The lowest BCUT2D eigenvalue weighted by atomic mass is 9.92. The van der Waals surface area contributed by atoms with Crippen LogP contribution >= 0.6 is 11.3 Å². The van der Waals surface area contributed by atoms with Crippen LogP contribution in [-0.4, -0.2) is 18.5 Å². The van der Waals surface area contributed by atoms with Crippen LogP contribution in [0.1, 0.15) is 26.3 Å². The molecule has 1 atom stereocenters. The van der Waals surface area contributed by atoms with Crippen LogP contribution in [0.25, 0.3) is 0 Å². The summed E-state index contributed by atoms with van der Waals surface area (Å²) in [5.41, 5.74) is 6.17. The largest absolute Gasteiger partial charge is 0.369 e. The maximum absolute atomic E-state index is 11.1. The molecule has 1 rings (SSSR count). The third kappa shape index (κ3) is 3.94. The fourth-order valence-electron chi connectivity index (χ4n) is 1.35. The normalized spacial score (nSPS) is 13.7. The molecule has 1 amide bonds. The van der Waals surface area contributed by atoms with Gasteiger partial charge in [0.15, 0.2) is 0 Å². The van der Waals surface area contributed by atoms with E-state index in [1.54, 1.807) is 11.3 Å². The molecule has 0 spiro atoms. The molecule has 4 heteroatoms. The van der Waals surface area contributed by atoms with E-state index in [-0.39, 0.29) is 5.91 Å². The lowest BCUT2D eigenvalue weighted by Crippen LogP contribution is -2.43. The molecule has 0 bridgehead atoms. The SMILES string of the molecule is CC(Cc1ccsc1)NCC(C)(C)C(N)=O. The summed E-state index contributed by atoms with van der Waals surface area (Å²) in [6.45, 7) is 6.46. The highest BCUT2D eigenvalue weighted by Gasteiger charge is 2.24. The first-order valence-corrected chi connectivity index (χ1v) is 6.40. The second kappa shape index (κ2) is 5.46. The van der Waals surface area contributed by atoms with Crippen molar-refractivity contribution in [2.75, 3.05) is 6.54 Å². The van der Waals surface area contributed by atoms with E-state index in [2.05, 4.69) is 29.1 Å². The monoisotopic (exact) mass is 240 g/mol. The summed E-state index contributed by atoms with van der Waals surface area (Å²) < 4.78 is 0. The van der Waals surface area contributed by atoms with Crippen LogP contribution in [0.5, 0.6) is 0 Å². The number of amides is 1. The molecule has 1 aromatic rings. The zero-order chi connectivity index (χ0) is 12.2. The van der Waals surface area contributed by atoms with E-state index in [0.717, 1.165) is 6.42 Å². The van der Waals surface area contributed by atoms with Gasteiger partial charge in [-0.2, -0.15) is 11.3 Å². The van der Waals surface area contributed by atoms with Crippen LogP contribution in [0.3, 0.4) is 0 Å². The van der Waals surface area contributed by atoms with Crippen LogP contribution < -0.4 is 11.1 Å². The number of hydrogen-bond donors (Lipinski definition) is 2. The summed E-state index contributed by atoms with van der Waals surface area (Å²) in [7, 11) is 0. The van der Waals surface area contributed by atoms with Crippen LogP contribution in [0, 0.1) is 5.41 Å². The smallest absolute Gasteiger partial charge is 0.224 e. The minimum atomic E-state index is -0.483. The van der Waals surface area contributed by atoms with Crippen molar-refractivity contribution >= 4 is 17.2 Å². The highest BCUT2D eigenvalue weighted by Crippen LogP contribution is 2.13. The average Bonchev–Trinajstić information content (AvgIpc) is 2.67. The van der Waals surface area contributed by atoms with Gasteiger partial charge >= 0.3 is 0 Å². The van der Waals surface area contributed by atoms with Crippen molar-refractivity contribution < 1.29 is 4.79 Å². The van der Waals surface area contributed by atoms with Gasteiger partial charge in [0.25, 0.3) is 0 Å². The van der Waals surface area contributed by atoms with E-state index in [1.807, 2.05) is 13.8 Å². The molecule has 0 aliphatic heterocycles. The highest BCUT2D eigenvalue weighted by molar-refractivity contribution is 7.07. The zero-order valence-electron chi connectivity index (χ0n) is 10.1. The molecule has 0 saturated carbocycles. The Morgan fingerprint density at radius 3 is 2.81 bits per heavy atom. The van der Waals surface area contributed by atoms with Gasteiger partial charge in [-0.3, -0.25) is 4.79 Å². The maximum atomic E-state index is 11.1. The van der Waals surface area contributed by atoms with E-state index in [9.17, 15) is 4.79 Å². The van der Waals surface area contributed by atoms with Gasteiger partial charge in [-0.1, -0.05) is 0 Å². The Morgan fingerprint density at radius 2 is 2.31 bits per heavy atom. The molecule has 1 heterocycles. The first-order valence-electron chi connectivity index (χ1n) is 5.46. The molecular weight excluding hydrogens is 220 g/mol. The van der Waals surface area contributed by atoms with Gasteiger partial charge in [-0.15, -0.1) is 0 Å². The Morgan fingerprint density at radius 1 is 1.62 bits per heavy atom. The summed E-state index contributed by atoms with van der Waals surface area (Å²) in [6, 6.07) is 2.48. The standard InChI is InChI=1S/C12H20N2OS/c1-9(6-10-4-5-16-7-10)14-8-12(2,3)11(13)15/h4-5,7,9,14H,6,8H2,1-3H3,(H2,13,15). The molecule has 3 N–H and O–H groups in total. The van der Waals surface area contributed by atoms with E-state index >= 15 is 0 Å². The van der Waals surface area contributed by atoms with Gasteiger partial charge in [-0.25, -0.2) is 0 Å². The van der Waals surface area contributed by atoms with Crippen molar-refractivity contribution in [3.63, 3.8) is 0 Å². The summed E-state index contributed by atoms with van der Waals surface area (Å²) >= 11 is 1.71. The van der Waals surface area contributed by atoms with Gasteiger partial charge in [0.1, 0.15) is 0 Å². The predicted molar refractivity (Wildman–Crippen MR) is 68.5 cm³/mol. The molecule has 0 aliphatic rings. The van der Waals surface area contributed by atoms with Crippen LogP contribution in [0.4, 0.5) is 0 Å². The average molecular weight is 240 g/mol. The van der Waals surface area contributed by atoms with Gasteiger partial charge < -0.3 is 11.1 Å². The summed E-state index contributed by atoms with van der Waals surface area (Å²) in [6.07, 6.45) is 0.984. The summed E-state index contributed by atoms with van der Waals surface area (Å²) in [5.74, 6) is -0.261. The molecule has 0 aliphatic carbocycles. The molecule has 0 radical (unpaired) electrons. The molecule has 0 fully saturated rings. The predicted octanol–water partition coefficient (Wildman–Crippen LogP) is 1.78. The van der Waals surface area contributed by atoms with E-state index in [1.165, 1.54) is 5.56 Å². The van der Waals surface area contributed by atoms with Gasteiger partial charge in [-0.05, 0) is 49.6 Å². The third-order valence-electron chi connectivity index (χ3n) is 2.68. The molecular formula is C12H20N2OS. The van der Waals surface area contributed by atoms with Gasteiger partial charge in [0.2, 0.25) is 5.91 Å². The van der Waals surface area contributed by atoms with E-state index in [4.69, 9.17) is 5.73 Å². The fraction of sp³-hybridized carbons (Fsp3) is 0.583. The first-order chi connectivity index (χ1) is 7.42. The molecule has 1 aromatic heterocycles. The molecule has 90 valence electrons. The van der Waals surface area contributed by atoms with Crippen LogP contribution in [0.2, 0.25) is 0 Å². The highest BCUT2D eigenvalue weighted by atomic mass is 32.1. The first kappa shape index (κ1) is 13.2. The van der Waals surface area contributed by atoms with Crippen molar-refractivity contribution in [2.24, 2.45) is 11.1 Å². The number of carbonyl (C=O) groups is 1. The number of nitrogens with two attached hydrogens (primary N) is 1. The number of thiophene rings is 1. The fourth-order valence-corrected chi connectivity index (χ4v) is 2.03. The van der Waals surface area contributed by atoms with Gasteiger partial charge in [0, 0.05) is 12.6 Å². The second-order valence-corrected chi connectivity index (χ2v) is 5.65. The lowest BCUT2D eigenvalue weighted by molar-refractivity contribution is -0.125. The summed E-state index contributed by atoms with van der Waals surface area (Å²) in [5, 5.41) is 7.58. The topological polar surface area (TPSA) is 55.1 Å². The minimum absolute atomic E-state index is 0.261. The number of primary amides is 1. The number of carbonyl (C=O) groups excluding carboxylic acids is 1. The molecule has 3 nitrogen and oxygen atoms in total. The van der Waals surface area contributed by atoms with Crippen molar-refractivity contribution in [2.45, 2.75) is 33.2 Å². The molecule has 1 unspecified atom stereocenters. The summed E-state index contributed by atoms with van der Waals surface area (Å²) in [4.78, 5) is 11.1. The Labute approximate surface area is 101 Å². The zero-order valence-corrected chi connectivity index (χ0v) is 10.9. The number of rotatable bonds is 6. The number of hydrogen-bond acceptors (Lipinski definition) is 3. The Hall–Kier alpha value is -0.870. The van der Waals surface area contributed by atoms with Crippen LogP contribution in [-0.2, 0) is 11.2 Å². The minimum Gasteiger partial charge on any atom is -0.369 e. The quantitative estimate of drug-likeness (QED) is 0.796. The van der Waals surface area contributed by atoms with Crippen molar-refractivity contribution in [1.29, 1.82) is 0 Å².